The molecule has 0 aromatic heterocycles. The topological polar surface area (TPSA) is 119 Å². The highest BCUT2D eigenvalue weighted by atomic mass is 35.5. The highest BCUT2D eigenvalue weighted by Crippen LogP contribution is 2.32. The number of halogens is 1. The monoisotopic (exact) mass is 445 g/mol. The Morgan fingerprint density at radius 3 is 2.67 bits per heavy atom. The number of nitrogens with zero attached hydrogens (tertiary/aromatic N) is 1. The lowest BCUT2D eigenvalue weighted by Gasteiger charge is -2.09. The van der Waals surface area contributed by atoms with E-state index in [1.165, 1.54) is 6.08 Å². The molecule has 10 heteroatoms. The molecule has 3 rings (SSSR count). The van der Waals surface area contributed by atoms with Crippen molar-refractivity contribution < 1.29 is 23.9 Å². The molecule has 1 fully saturated rings. The Kier molecular flexibility index (Phi) is 6.76. The number of thioether (sulfide) groups is 1. The maximum atomic E-state index is 12.3. The summed E-state index contributed by atoms with van der Waals surface area (Å²) in [5.41, 5.74) is 6.13. The maximum absolute atomic E-state index is 12.3. The number of anilines is 1. The lowest BCUT2D eigenvalue weighted by Crippen LogP contribution is -2.36. The Balaban J connectivity index is 1.64. The molecule has 0 spiro atoms. The molecule has 0 aliphatic carbocycles. The van der Waals surface area contributed by atoms with E-state index in [0.29, 0.717) is 22.0 Å². The van der Waals surface area contributed by atoms with Crippen molar-refractivity contribution in [3.8, 4) is 5.75 Å². The van der Waals surface area contributed by atoms with Crippen molar-refractivity contribution in [2.24, 2.45) is 5.73 Å². The van der Waals surface area contributed by atoms with Crippen LogP contribution in [0.4, 0.5) is 10.5 Å². The van der Waals surface area contributed by atoms with Crippen LogP contribution in [0.15, 0.2) is 53.4 Å². The number of imide groups is 1. The predicted molar refractivity (Wildman–Crippen MR) is 114 cm³/mol. The summed E-state index contributed by atoms with van der Waals surface area (Å²) >= 11 is 6.72. The average molecular weight is 446 g/mol. The molecule has 1 aliphatic heterocycles. The van der Waals surface area contributed by atoms with Gasteiger partial charge in [-0.2, -0.15) is 0 Å². The molecule has 8 nitrogen and oxygen atoms in total. The highest BCUT2D eigenvalue weighted by Gasteiger charge is 2.35. The van der Waals surface area contributed by atoms with Crippen molar-refractivity contribution in [2.75, 3.05) is 18.5 Å². The van der Waals surface area contributed by atoms with Crippen LogP contribution >= 0.6 is 23.4 Å². The van der Waals surface area contributed by atoms with E-state index in [0.717, 1.165) is 16.7 Å². The molecule has 2 aromatic rings. The second-order valence-electron chi connectivity index (χ2n) is 6.12. The summed E-state index contributed by atoms with van der Waals surface area (Å²) in [5.74, 6) is -1.35. The van der Waals surface area contributed by atoms with Crippen LogP contribution in [-0.2, 0) is 14.4 Å². The number of hydrogen-bond acceptors (Lipinski definition) is 6. The van der Waals surface area contributed by atoms with Crippen molar-refractivity contribution in [3.05, 3.63) is 64.0 Å². The quantitative estimate of drug-likeness (QED) is 0.632. The van der Waals surface area contributed by atoms with Gasteiger partial charge in [-0.3, -0.25) is 24.1 Å². The number of primary amides is 1. The Hall–Kier alpha value is -3.30. The fourth-order valence-electron chi connectivity index (χ4n) is 2.54. The number of rotatable bonds is 7. The maximum Gasteiger partial charge on any atom is 0.294 e. The van der Waals surface area contributed by atoms with Gasteiger partial charge in [-0.15, -0.1) is 0 Å². The first-order valence-electron chi connectivity index (χ1n) is 8.64. The molecular formula is C20H16ClN3O5S. The van der Waals surface area contributed by atoms with Crippen LogP contribution in [0.25, 0.3) is 6.08 Å². The van der Waals surface area contributed by atoms with Crippen LogP contribution < -0.4 is 15.8 Å². The number of benzene rings is 2. The van der Waals surface area contributed by atoms with Crippen molar-refractivity contribution in [2.45, 2.75) is 0 Å². The number of nitrogens with two attached hydrogens (primary N) is 1. The minimum absolute atomic E-state index is 0.162. The molecule has 30 heavy (non-hydrogen) atoms. The third-order valence-electron chi connectivity index (χ3n) is 3.86. The second kappa shape index (κ2) is 9.47. The average Bonchev–Trinajstić information content (AvgIpc) is 2.95. The number of hydrogen-bond donors (Lipinski definition) is 2. The van der Waals surface area contributed by atoms with Gasteiger partial charge in [-0.25, -0.2) is 0 Å². The van der Waals surface area contributed by atoms with Gasteiger partial charge in [-0.05, 0) is 47.7 Å². The van der Waals surface area contributed by atoms with Gasteiger partial charge in [0.1, 0.15) is 12.3 Å². The van der Waals surface area contributed by atoms with E-state index in [4.69, 9.17) is 22.1 Å². The summed E-state index contributed by atoms with van der Waals surface area (Å²) in [4.78, 5) is 48.2. The standard InChI is InChI=1S/C20H16ClN3O5S/c21-14-6-1-2-7-15(14)23-18(26)11-29-13-5-3-4-12(8-13)9-16-19(27)24(10-17(22)25)20(28)30-16/h1-9H,10-11H2,(H2,22,25)(H,23,26)/b16-9-. The smallest absolute Gasteiger partial charge is 0.294 e. The van der Waals surface area contributed by atoms with Gasteiger partial charge in [-0.1, -0.05) is 35.9 Å². The van der Waals surface area contributed by atoms with Gasteiger partial charge < -0.3 is 15.8 Å². The van der Waals surface area contributed by atoms with Gasteiger partial charge in [0.25, 0.3) is 17.1 Å². The van der Waals surface area contributed by atoms with Crippen molar-refractivity contribution in [1.82, 2.24) is 4.90 Å². The fraction of sp³-hybridized carbons (Fsp3) is 0.100. The Morgan fingerprint density at radius 1 is 1.17 bits per heavy atom. The van der Waals surface area contributed by atoms with E-state index in [1.54, 1.807) is 48.5 Å². The predicted octanol–water partition coefficient (Wildman–Crippen LogP) is 2.88. The largest absolute Gasteiger partial charge is 0.484 e. The van der Waals surface area contributed by atoms with Crippen LogP contribution in [0.3, 0.4) is 0 Å². The number of carbonyl (C=O) groups excluding carboxylic acids is 4. The number of ether oxygens (including phenoxy) is 1. The lowest BCUT2D eigenvalue weighted by atomic mass is 10.2. The highest BCUT2D eigenvalue weighted by molar-refractivity contribution is 8.18. The minimum Gasteiger partial charge on any atom is -0.484 e. The number of para-hydroxylation sites is 1. The first kappa shape index (κ1) is 21.4. The van der Waals surface area contributed by atoms with Crippen molar-refractivity contribution in [1.29, 1.82) is 0 Å². The molecule has 1 saturated heterocycles. The third-order valence-corrected chi connectivity index (χ3v) is 5.10. The molecule has 0 bridgehead atoms. The molecule has 3 N–H and O–H groups in total. The normalized spacial score (nSPS) is 14.8. The van der Waals surface area contributed by atoms with E-state index in [9.17, 15) is 19.2 Å². The van der Waals surface area contributed by atoms with Gasteiger partial charge >= 0.3 is 0 Å². The molecule has 1 aliphatic rings. The van der Waals surface area contributed by atoms with Gasteiger partial charge in [0.2, 0.25) is 5.91 Å². The van der Waals surface area contributed by atoms with E-state index in [1.807, 2.05) is 0 Å². The molecule has 0 radical (unpaired) electrons. The summed E-state index contributed by atoms with van der Waals surface area (Å²) in [7, 11) is 0. The summed E-state index contributed by atoms with van der Waals surface area (Å²) in [6.45, 7) is -0.713. The summed E-state index contributed by atoms with van der Waals surface area (Å²) in [6.07, 6.45) is 1.50. The van der Waals surface area contributed by atoms with Crippen LogP contribution in [0.5, 0.6) is 5.75 Å². The van der Waals surface area contributed by atoms with Crippen LogP contribution in [0.1, 0.15) is 5.56 Å². The molecule has 4 amide bonds. The number of nitrogens with one attached hydrogen (secondary N) is 1. The van der Waals surface area contributed by atoms with E-state index >= 15 is 0 Å². The number of amides is 4. The van der Waals surface area contributed by atoms with E-state index < -0.39 is 23.6 Å². The first-order valence-corrected chi connectivity index (χ1v) is 9.84. The van der Waals surface area contributed by atoms with Crippen LogP contribution in [-0.4, -0.2) is 41.0 Å². The third kappa shape index (κ3) is 5.40. The van der Waals surface area contributed by atoms with Crippen LogP contribution in [0.2, 0.25) is 5.02 Å². The second-order valence-corrected chi connectivity index (χ2v) is 7.52. The van der Waals surface area contributed by atoms with Crippen molar-refractivity contribution in [3.63, 3.8) is 0 Å². The molecule has 154 valence electrons. The molecule has 1 heterocycles. The molecule has 0 saturated carbocycles. The van der Waals surface area contributed by atoms with E-state index in [-0.39, 0.29) is 17.4 Å². The first-order chi connectivity index (χ1) is 14.3. The zero-order chi connectivity index (χ0) is 21.7. The van der Waals surface area contributed by atoms with Gasteiger partial charge in [0.15, 0.2) is 6.61 Å². The van der Waals surface area contributed by atoms with Crippen LogP contribution in [0, 0.1) is 0 Å². The molecule has 0 unspecified atom stereocenters. The summed E-state index contributed by atoms with van der Waals surface area (Å²) in [5, 5.41) is 2.50. The zero-order valence-electron chi connectivity index (χ0n) is 15.5. The summed E-state index contributed by atoms with van der Waals surface area (Å²) < 4.78 is 5.49. The Labute approximate surface area is 181 Å². The zero-order valence-corrected chi connectivity index (χ0v) is 17.0. The molecule has 2 aromatic carbocycles. The summed E-state index contributed by atoms with van der Waals surface area (Å²) in [6, 6.07) is 13.5. The fourth-order valence-corrected chi connectivity index (χ4v) is 3.56. The molecular weight excluding hydrogens is 430 g/mol. The van der Waals surface area contributed by atoms with Gasteiger partial charge in [0.05, 0.1) is 15.6 Å². The SMILES string of the molecule is NC(=O)CN1C(=O)S/C(=C\c2cccc(OCC(=O)Nc3ccccc3Cl)c2)C1=O. The minimum atomic E-state index is -0.774. The van der Waals surface area contributed by atoms with Gasteiger partial charge in [0, 0.05) is 0 Å². The number of carbonyl (C=O) groups is 4. The Morgan fingerprint density at radius 2 is 1.93 bits per heavy atom. The van der Waals surface area contributed by atoms with Crippen molar-refractivity contribution >= 4 is 58.1 Å². The Bertz CT molecular complexity index is 1060. The van der Waals surface area contributed by atoms with E-state index in [2.05, 4.69) is 5.32 Å². The molecule has 0 atom stereocenters. The lowest BCUT2D eigenvalue weighted by molar-refractivity contribution is -0.127.